The van der Waals surface area contributed by atoms with E-state index in [0.717, 1.165) is 18.2 Å². The van der Waals surface area contributed by atoms with Gasteiger partial charge in [0.1, 0.15) is 16.4 Å². The molecule has 1 saturated heterocycles. The number of aromatic hydroxyl groups is 2. The molecule has 7 heteroatoms. The van der Waals surface area contributed by atoms with E-state index in [-0.39, 0.29) is 5.75 Å². The first-order valence-electron chi connectivity index (χ1n) is 5.61. The molecular weight excluding hydrogens is 258 g/mol. The minimum atomic E-state index is -4.47. The van der Waals surface area contributed by atoms with Crippen LogP contribution in [0.2, 0.25) is 0 Å². The summed E-state index contributed by atoms with van der Waals surface area (Å²) in [4.78, 5) is -0.706. The first-order valence-corrected chi connectivity index (χ1v) is 7.05. The van der Waals surface area contributed by atoms with E-state index in [0.29, 0.717) is 0 Å². The number of phenols is 2. The van der Waals surface area contributed by atoms with Crippen LogP contribution in [0.25, 0.3) is 0 Å². The van der Waals surface area contributed by atoms with Crippen LogP contribution in [-0.4, -0.2) is 36.3 Å². The largest absolute Gasteiger partial charge is 0.508 e. The second kappa shape index (κ2) is 6.58. The summed E-state index contributed by atoms with van der Waals surface area (Å²) in [6.45, 7) is 2.50. The van der Waals surface area contributed by atoms with E-state index >= 15 is 0 Å². The molecule has 0 amide bonds. The van der Waals surface area contributed by atoms with Gasteiger partial charge in [-0.3, -0.25) is 4.55 Å². The van der Waals surface area contributed by atoms with Crippen LogP contribution in [0.4, 0.5) is 0 Å². The number of hydrogen-bond donors (Lipinski definition) is 4. The van der Waals surface area contributed by atoms with Crippen molar-refractivity contribution in [3.63, 3.8) is 0 Å². The van der Waals surface area contributed by atoms with Gasteiger partial charge in [-0.2, -0.15) is 8.42 Å². The van der Waals surface area contributed by atoms with E-state index in [4.69, 9.17) is 14.8 Å². The summed E-state index contributed by atoms with van der Waals surface area (Å²) < 4.78 is 29.5. The molecule has 1 aromatic rings. The fraction of sp³-hybridized carbons (Fsp3) is 0.455. The Bertz CT molecular complexity index is 471. The summed E-state index contributed by atoms with van der Waals surface area (Å²) >= 11 is 0. The van der Waals surface area contributed by atoms with Crippen LogP contribution in [0.15, 0.2) is 23.1 Å². The Morgan fingerprint density at radius 2 is 1.67 bits per heavy atom. The van der Waals surface area contributed by atoms with Crippen LogP contribution in [0.1, 0.15) is 19.3 Å². The van der Waals surface area contributed by atoms with Gasteiger partial charge in [0.15, 0.2) is 0 Å². The summed E-state index contributed by atoms with van der Waals surface area (Å²) in [6.07, 6.45) is 4.22. The second-order valence-corrected chi connectivity index (χ2v) is 5.33. The van der Waals surface area contributed by atoms with Gasteiger partial charge in [-0.15, -0.1) is 0 Å². The van der Waals surface area contributed by atoms with Crippen molar-refractivity contribution in [3.8, 4) is 11.5 Å². The molecule has 1 aliphatic heterocycles. The van der Waals surface area contributed by atoms with E-state index in [1.165, 1.54) is 32.4 Å². The number of hydrogen-bond acceptors (Lipinski definition) is 5. The average molecular weight is 275 g/mol. The SMILES string of the molecule is C1CCNCC1.O=S(=O)(O)c1cc(O)ccc1O. The zero-order valence-corrected chi connectivity index (χ0v) is 10.7. The first kappa shape index (κ1) is 14.7. The van der Waals surface area contributed by atoms with Crippen LogP contribution in [0.3, 0.4) is 0 Å². The number of phenolic OH excluding ortho intramolecular Hbond substituents is 2. The second-order valence-electron chi connectivity index (χ2n) is 3.94. The summed E-state index contributed by atoms with van der Waals surface area (Å²) in [5.74, 6) is -0.948. The highest BCUT2D eigenvalue weighted by Gasteiger charge is 2.15. The summed E-state index contributed by atoms with van der Waals surface area (Å²) in [7, 11) is -4.47. The molecule has 2 rings (SSSR count). The lowest BCUT2D eigenvalue weighted by Gasteiger charge is -2.08. The highest BCUT2D eigenvalue weighted by atomic mass is 32.2. The zero-order chi connectivity index (χ0) is 13.6. The van der Waals surface area contributed by atoms with Crippen LogP contribution in [0.5, 0.6) is 11.5 Å². The lowest BCUT2D eigenvalue weighted by molar-refractivity contribution is 0.433. The molecule has 18 heavy (non-hydrogen) atoms. The molecule has 1 heterocycles. The molecule has 4 N–H and O–H groups in total. The van der Waals surface area contributed by atoms with Gasteiger partial charge in [0, 0.05) is 6.07 Å². The van der Waals surface area contributed by atoms with Crippen molar-refractivity contribution >= 4 is 10.1 Å². The monoisotopic (exact) mass is 275 g/mol. The van der Waals surface area contributed by atoms with Gasteiger partial charge in [0.2, 0.25) is 0 Å². The van der Waals surface area contributed by atoms with Crippen LogP contribution in [0, 0.1) is 0 Å². The highest BCUT2D eigenvalue weighted by Crippen LogP contribution is 2.25. The van der Waals surface area contributed by atoms with E-state index in [9.17, 15) is 8.42 Å². The normalized spacial score (nSPS) is 15.6. The van der Waals surface area contributed by atoms with Crippen molar-refractivity contribution in [2.24, 2.45) is 0 Å². The zero-order valence-electron chi connectivity index (χ0n) is 9.83. The molecule has 0 aromatic heterocycles. The molecule has 1 aliphatic rings. The predicted molar refractivity (Wildman–Crippen MR) is 66.3 cm³/mol. The summed E-state index contributed by atoms with van der Waals surface area (Å²) in [6, 6.07) is 2.83. The number of nitrogens with one attached hydrogen (secondary N) is 1. The summed E-state index contributed by atoms with van der Waals surface area (Å²) in [5, 5.41) is 21.0. The van der Waals surface area contributed by atoms with Gasteiger partial charge in [-0.25, -0.2) is 0 Å². The third-order valence-electron chi connectivity index (χ3n) is 2.43. The Morgan fingerprint density at radius 1 is 1.06 bits per heavy atom. The van der Waals surface area contributed by atoms with E-state index in [2.05, 4.69) is 5.32 Å². The molecular formula is C11H17NO5S. The molecule has 0 spiro atoms. The van der Waals surface area contributed by atoms with E-state index in [1.807, 2.05) is 0 Å². The molecule has 6 nitrogen and oxygen atoms in total. The quantitative estimate of drug-likeness (QED) is 0.452. The molecule has 102 valence electrons. The van der Waals surface area contributed by atoms with Gasteiger partial charge in [-0.1, -0.05) is 6.42 Å². The van der Waals surface area contributed by atoms with Crippen molar-refractivity contribution in [1.29, 1.82) is 0 Å². The van der Waals surface area contributed by atoms with Crippen molar-refractivity contribution in [1.82, 2.24) is 5.32 Å². The maximum Gasteiger partial charge on any atom is 0.298 e. The smallest absolute Gasteiger partial charge is 0.298 e. The fourth-order valence-corrected chi connectivity index (χ4v) is 2.11. The molecule has 0 unspecified atom stereocenters. The van der Waals surface area contributed by atoms with E-state index in [1.54, 1.807) is 0 Å². The number of rotatable bonds is 1. The summed E-state index contributed by atoms with van der Waals surface area (Å²) in [5.41, 5.74) is 0. The van der Waals surface area contributed by atoms with Crippen LogP contribution < -0.4 is 5.32 Å². The Hall–Kier alpha value is -1.31. The van der Waals surface area contributed by atoms with Crippen molar-refractivity contribution in [2.45, 2.75) is 24.2 Å². The van der Waals surface area contributed by atoms with Crippen molar-refractivity contribution in [2.75, 3.05) is 13.1 Å². The van der Waals surface area contributed by atoms with Crippen molar-refractivity contribution in [3.05, 3.63) is 18.2 Å². The molecule has 1 aromatic carbocycles. The Balaban J connectivity index is 0.000000225. The van der Waals surface area contributed by atoms with Gasteiger partial charge >= 0.3 is 0 Å². The Kier molecular flexibility index (Phi) is 5.39. The fourth-order valence-electron chi connectivity index (χ4n) is 1.51. The molecule has 0 bridgehead atoms. The third kappa shape index (κ3) is 4.91. The molecule has 0 saturated carbocycles. The standard InChI is InChI=1S/C6H6O5S.C5H11N/c7-4-1-2-5(8)6(3-4)12(9,10)11;1-2-4-6-5-3-1/h1-3,7-8H,(H,9,10,11);6H,1-5H2. The number of piperidine rings is 1. The molecule has 0 atom stereocenters. The van der Waals surface area contributed by atoms with Gasteiger partial charge < -0.3 is 15.5 Å². The maximum absolute atomic E-state index is 10.5. The predicted octanol–water partition coefficient (Wildman–Crippen LogP) is 1.10. The minimum Gasteiger partial charge on any atom is -0.508 e. The van der Waals surface area contributed by atoms with Crippen LogP contribution >= 0.6 is 0 Å². The van der Waals surface area contributed by atoms with Gasteiger partial charge in [-0.05, 0) is 38.1 Å². The average Bonchev–Trinajstić information content (AvgIpc) is 2.34. The molecule has 0 radical (unpaired) electrons. The van der Waals surface area contributed by atoms with Gasteiger partial charge in [0.05, 0.1) is 0 Å². The Morgan fingerprint density at radius 3 is 2.00 bits per heavy atom. The first-order chi connectivity index (χ1) is 8.41. The van der Waals surface area contributed by atoms with E-state index < -0.39 is 20.8 Å². The maximum atomic E-state index is 10.5. The minimum absolute atomic E-state index is 0.347. The lowest BCUT2D eigenvalue weighted by Crippen LogP contribution is -2.21. The van der Waals surface area contributed by atoms with Crippen LogP contribution in [-0.2, 0) is 10.1 Å². The third-order valence-corrected chi connectivity index (χ3v) is 3.31. The van der Waals surface area contributed by atoms with Crippen molar-refractivity contribution < 1.29 is 23.2 Å². The highest BCUT2D eigenvalue weighted by molar-refractivity contribution is 7.86. The van der Waals surface area contributed by atoms with Gasteiger partial charge in [0.25, 0.3) is 10.1 Å². The topological polar surface area (TPSA) is 107 Å². The molecule has 0 aliphatic carbocycles. The lowest BCUT2D eigenvalue weighted by atomic mass is 10.2. The Labute approximate surface area is 106 Å². The number of benzene rings is 1. The molecule has 1 fully saturated rings.